The molecule has 0 aliphatic carbocycles. The van der Waals surface area contributed by atoms with Crippen LogP contribution in [0.1, 0.15) is 0 Å². The second kappa shape index (κ2) is 16.4. The van der Waals surface area contributed by atoms with Crippen molar-refractivity contribution in [2.75, 3.05) is 19.6 Å². The molecule has 0 bridgehead atoms. The van der Waals surface area contributed by atoms with E-state index < -0.39 is 0 Å². The van der Waals surface area contributed by atoms with Gasteiger partial charge in [0.1, 0.15) is 0 Å². The Balaban J connectivity index is 1.04. The van der Waals surface area contributed by atoms with Crippen molar-refractivity contribution < 1.29 is 0 Å². The molecule has 0 saturated heterocycles. The van der Waals surface area contributed by atoms with Crippen LogP contribution in [0.3, 0.4) is 0 Å². The van der Waals surface area contributed by atoms with Gasteiger partial charge >= 0.3 is 0 Å². The standard InChI is InChI=1S/C66H42B2N4S2/c1-6-22-43(23-7-1)69(44-24-8-2-9-25-44)48-38-57-64-58(39-48)71(46-28-12-4-13-29-46)55-41-56-53(40-52(55)67(64)50-33-17-19-35-54(50)70(57)45-26-10-3-11-27-45)68-51-34-18-21-37-61(51)74-66-63-49-32-16-20-36-60(49)73-62(63)42-59(65(66)68)72(56)47-30-14-5-15-31-47/h1-42H. The van der Waals surface area contributed by atoms with Crippen LogP contribution >= 0.6 is 23.1 Å². The first-order valence-corrected chi connectivity index (χ1v) is 27.0. The van der Waals surface area contributed by atoms with E-state index >= 15 is 0 Å². The fraction of sp³-hybridized carbons (Fsp3) is 0. The van der Waals surface area contributed by atoms with Crippen molar-refractivity contribution >= 4 is 158 Å². The van der Waals surface area contributed by atoms with Gasteiger partial charge in [-0.05, 0) is 130 Å². The molecule has 4 aliphatic heterocycles. The minimum Gasteiger partial charge on any atom is -0.311 e. The summed E-state index contributed by atoms with van der Waals surface area (Å²) >= 11 is 3.86. The van der Waals surface area contributed by atoms with E-state index in [0.29, 0.717) is 0 Å². The topological polar surface area (TPSA) is 13.0 Å². The highest BCUT2D eigenvalue weighted by Crippen LogP contribution is 2.52. The summed E-state index contributed by atoms with van der Waals surface area (Å²) in [6.07, 6.45) is 0. The maximum Gasteiger partial charge on any atom is 0.252 e. The summed E-state index contributed by atoms with van der Waals surface area (Å²) in [5.41, 5.74) is 21.7. The number of rotatable bonds is 6. The third-order valence-corrected chi connectivity index (χ3v) is 17.9. The zero-order valence-corrected chi connectivity index (χ0v) is 41.6. The van der Waals surface area contributed by atoms with Crippen LogP contribution in [0.2, 0.25) is 0 Å². The molecule has 0 amide bonds. The minimum atomic E-state index is -0.0880. The first kappa shape index (κ1) is 41.9. The second-order valence-electron chi connectivity index (χ2n) is 19.6. The van der Waals surface area contributed by atoms with E-state index in [1.54, 1.807) is 0 Å². The summed E-state index contributed by atoms with van der Waals surface area (Å²) in [5, 5.41) is 2.70. The maximum absolute atomic E-state index is 2.64. The normalized spacial score (nSPS) is 13.5. The second-order valence-corrected chi connectivity index (χ2v) is 21.7. The Morgan fingerprint density at radius 1 is 0.324 bits per heavy atom. The zero-order valence-electron chi connectivity index (χ0n) is 40.0. The van der Waals surface area contributed by atoms with Crippen LogP contribution in [0.15, 0.2) is 265 Å². The van der Waals surface area contributed by atoms with Gasteiger partial charge in [-0.3, -0.25) is 0 Å². The van der Waals surface area contributed by atoms with Crippen LogP contribution in [-0.4, -0.2) is 13.4 Å². The average molecular weight is 977 g/mol. The Hall–Kier alpha value is -8.68. The number of thiophene rings is 1. The molecule has 0 atom stereocenters. The lowest BCUT2D eigenvalue weighted by molar-refractivity contribution is 1.22. The summed E-state index contributed by atoms with van der Waals surface area (Å²) in [6, 6.07) is 94.7. The Morgan fingerprint density at radius 3 is 1.41 bits per heavy atom. The third-order valence-electron chi connectivity index (χ3n) is 15.6. The van der Waals surface area contributed by atoms with Crippen LogP contribution in [0.5, 0.6) is 0 Å². The largest absolute Gasteiger partial charge is 0.311 e. The highest BCUT2D eigenvalue weighted by atomic mass is 32.2. The smallest absolute Gasteiger partial charge is 0.252 e. The summed E-state index contributed by atoms with van der Waals surface area (Å²) < 4.78 is 2.64. The molecule has 1 aromatic heterocycles. The quantitative estimate of drug-likeness (QED) is 0.154. The first-order chi connectivity index (χ1) is 36.7. The Morgan fingerprint density at radius 2 is 0.797 bits per heavy atom. The number of fused-ring (bicyclic) bond motifs is 12. The monoisotopic (exact) mass is 976 g/mol. The van der Waals surface area contributed by atoms with Gasteiger partial charge in [-0.25, -0.2) is 0 Å². The molecule has 0 spiro atoms. The summed E-state index contributed by atoms with van der Waals surface area (Å²) in [5.74, 6) is 0. The van der Waals surface area contributed by atoms with E-state index in [4.69, 9.17) is 0 Å². The number of hydrogen-bond acceptors (Lipinski definition) is 6. The van der Waals surface area contributed by atoms with Crippen LogP contribution in [0.25, 0.3) is 20.2 Å². The summed E-state index contributed by atoms with van der Waals surface area (Å²) in [7, 11) is 0. The fourth-order valence-corrected chi connectivity index (χ4v) is 15.2. The molecule has 74 heavy (non-hydrogen) atoms. The Bertz CT molecular complexity index is 4170. The summed E-state index contributed by atoms with van der Waals surface area (Å²) in [6.45, 7) is -0.0888. The van der Waals surface area contributed by atoms with Crippen LogP contribution < -0.4 is 52.4 Å². The lowest BCUT2D eigenvalue weighted by Gasteiger charge is -2.46. The first-order valence-electron chi connectivity index (χ1n) is 25.4. The zero-order chi connectivity index (χ0) is 48.4. The molecule has 0 unspecified atom stereocenters. The number of anilines is 12. The predicted molar refractivity (Wildman–Crippen MR) is 318 cm³/mol. The molecule has 0 fully saturated rings. The average Bonchev–Trinajstić information content (AvgIpc) is 3.86. The highest BCUT2D eigenvalue weighted by molar-refractivity contribution is 8.00. The lowest BCUT2D eigenvalue weighted by atomic mass is 9.30. The van der Waals surface area contributed by atoms with E-state index in [1.165, 1.54) is 91.2 Å². The van der Waals surface area contributed by atoms with Gasteiger partial charge in [0, 0.05) is 92.5 Å². The molecule has 344 valence electrons. The highest BCUT2D eigenvalue weighted by Gasteiger charge is 2.48. The number of para-hydroxylation sites is 6. The van der Waals surface area contributed by atoms with Gasteiger partial charge in [-0.2, -0.15) is 0 Å². The van der Waals surface area contributed by atoms with Gasteiger partial charge in [-0.15, -0.1) is 11.3 Å². The van der Waals surface area contributed by atoms with E-state index in [1.807, 2.05) is 23.1 Å². The van der Waals surface area contributed by atoms with Gasteiger partial charge in [0.15, 0.2) is 0 Å². The minimum absolute atomic E-state index is 0.000789. The maximum atomic E-state index is 2.64. The molecule has 4 nitrogen and oxygen atoms in total. The number of hydrogen-bond donors (Lipinski definition) is 0. The SMILES string of the molecule is c1ccc(N(c2ccccc2)c2cc3c4c(c2)N(c2ccccc2)c2cc5c(cc2B4c2ccccc2N3c2ccccc2)B2c3ccccc3Sc3c2c(cc2sc4ccccc4c32)N5c2ccccc2)cc1. The molecular formula is C66H42B2N4S2. The predicted octanol–water partition coefficient (Wildman–Crippen LogP) is 14.4. The van der Waals surface area contributed by atoms with Crippen molar-refractivity contribution in [1.29, 1.82) is 0 Å². The Kier molecular flexibility index (Phi) is 9.29. The van der Waals surface area contributed by atoms with Crippen molar-refractivity contribution in [3.63, 3.8) is 0 Å². The van der Waals surface area contributed by atoms with Gasteiger partial charge in [-0.1, -0.05) is 169 Å². The number of benzene rings is 11. The summed E-state index contributed by atoms with van der Waals surface area (Å²) in [4.78, 5) is 12.8. The van der Waals surface area contributed by atoms with Crippen LogP contribution in [-0.2, 0) is 0 Å². The van der Waals surface area contributed by atoms with Gasteiger partial charge in [0.2, 0.25) is 6.71 Å². The van der Waals surface area contributed by atoms with Crippen molar-refractivity contribution in [3.8, 4) is 0 Å². The Labute approximate surface area is 439 Å². The van der Waals surface area contributed by atoms with Gasteiger partial charge in [0.25, 0.3) is 6.71 Å². The molecule has 12 aromatic rings. The van der Waals surface area contributed by atoms with Crippen molar-refractivity contribution in [1.82, 2.24) is 0 Å². The van der Waals surface area contributed by atoms with Crippen molar-refractivity contribution in [2.45, 2.75) is 9.79 Å². The molecule has 0 saturated carbocycles. The van der Waals surface area contributed by atoms with E-state index in [-0.39, 0.29) is 13.4 Å². The van der Waals surface area contributed by atoms with Crippen LogP contribution in [0.4, 0.5) is 68.2 Å². The van der Waals surface area contributed by atoms with E-state index in [2.05, 4.69) is 274 Å². The molecule has 4 aliphatic rings. The molecule has 0 N–H and O–H groups in total. The molecule has 8 heteroatoms. The lowest BCUT2D eigenvalue weighted by Crippen LogP contribution is -2.64. The molecular weight excluding hydrogens is 935 g/mol. The van der Waals surface area contributed by atoms with E-state index in [0.717, 1.165) is 39.8 Å². The van der Waals surface area contributed by atoms with E-state index in [9.17, 15) is 0 Å². The number of nitrogens with zero attached hydrogens (tertiary/aromatic N) is 4. The van der Waals surface area contributed by atoms with Gasteiger partial charge < -0.3 is 19.6 Å². The molecule has 11 aromatic carbocycles. The molecule has 16 rings (SSSR count). The fourth-order valence-electron chi connectivity index (χ4n) is 12.7. The van der Waals surface area contributed by atoms with Crippen LogP contribution in [0, 0.1) is 0 Å². The van der Waals surface area contributed by atoms with Crippen molar-refractivity contribution in [2.24, 2.45) is 0 Å². The van der Waals surface area contributed by atoms with Gasteiger partial charge in [0.05, 0.1) is 5.69 Å². The third kappa shape index (κ3) is 6.13. The molecule has 5 heterocycles. The molecule has 0 radical (unpaired) electrons. The van der Waals surface area contributed by atoms with Crippen molar-refractivity contribution in [3.05, 3.63) is 255 Å².